The minimum absolute atomic E-state index is 0.222. The van der Waals surface area contributed by atoms with Crippen molar-refractivity contribution in [2.75, 3.05) is 19.8 Å². The molecule has 1 aliphatic heterocycles. The Labute approximate surface area is 101 Å². The first-order chi connectivity index (χ1) is 8.01. The summed E-state index contributed by atoms with van der Waals surface area (Å²) in [6.45, 7) is 9.82. The zero-order valence-corrected chi connectivity index (χ0v) is 10.5. The van der Waals surface area contributed by atoms with Crippen LogP contribution in [0.2, 0.25) is 0 Å². The molecule has 0 amide bonds. The first kappa shape index (κ1) is 13.7. The van der Waals surface area contributed by atoms with Crippen molar-refractivity contribution in [3.05, 3.63) is 12.2 Å². The molecule has 1 saturated heterocycles. The number of carbonyl (C=O) groups excluding carboxylic acids is 2. The van der Waals surface area contributed by atoms with Crippen LogP contribution < -0.4 is 5.32 Å². The Balaban J connectivity index is 3.12. The summed E-state index contributed by atoms with van der Waals surface area (Å²) in [4.78, 5) is 24.2. The minimum atomic E-state index is -1.40. The summed E-state index contributed by atoms with van der Waals surface area (Å²) >= 11 is 0. The topological polar surface area (TPSA) is 64.6 Å². The van der Waals surface area contributed by atoms with Crippen molar-refractivity contribution in [1.29, 1.82) is 0 Å². The molecule has 1 N–H and O–H groups in total. The van der Waals surface area contributed by atoms with Crippen molar-refractivity contribution in [2.45, 2.75) is 26.8 Å². The van der Waals surface area contributed by atoms with E-state index in [0.717, 1.165) is 0 Å². The van der Waals surface area contributed by atoms with Gasteiger partial charge in [-0.25, -0.2) is 0 Å². The van der Waals surface area contributed by atoms with Gasteiger partial charge in [-0.1, -0.05) is 6.58 Å². The lowest BCUT2D eigenvalue weighted by molar-refractivity contribution is -0.169. The molecular weight excluding hydrogens is 222 g/mol. The maximum Gasteiger partial charge on any atom is 0.329 e. The molecule has 0 radical (unpaired) electrons. The van der Waals surface area contributed by atoms with Crippen LogP contribution in [0.25, 0.3) is 0 Å². The van der Waals surface area contributed by atoms with Crippen molar-refractivity contribution < 1.29 is 19.1 Å². The van der Waals surface area contributed by atoms with E-state index in [1.165, 1.54) is 0 Å². The molecule has 0 aromatic rings. The predicted octanol–water partition coefficient (Wildman–Crippen LogP) is 0.647. The second-order valence-electron chi connectivity index (χ2n) is 3.96. The molecule has 1 unspecified atom stereocenters. The van der Waals surface area contributed by atoms with Gasteiger partial charge in [-0.15, -0.1) is 0 Å². The summed E-state index contributed by atoms with van der Waals surface area (Å²) in [7, 11) is 0. The zero-order chi connectivity index (χ0) is 13.1. The third kappa shape index (κ3) is 2.07. The Kier molecular flexibility index (Phi) is 4.28. The zero-order valence-electron chi connectivity index (χ0n) is 10.5. The van der Waals surface area contributed by atoms with Crippen LogP contribution in [0.3, 0.4) is 0 Å². The van der Waals surface area contributed by atoms with Gasteiger partial charge in [0.1, 0.15) is 0 Å². The molecule has 1 heterocycles. The SMILES string of the molecule is C=C1CNC(C)C1(C(=O)OCC)C(=O)OCC. The van der Waals surface area contributed by atoms with Crippen LogP contribution in [0.15, 0.2) is 12.2 Å². The van der Waals surface area contributed by atoms with Crippen LogP contribution in [0, 0.1) is 5.41 Å². The van der Waals surface area contributed by atoms with E-state index in [2.05, 4.69) is 11.9 Å². The quantitative estimate of drug-likeness (QED) is 0.444. The highest BCUT2D eigenvalue weighted by molar-refractivity contribution is 6.05. The third-order valence-corrected chi connectivity index (χ3v) is 3.02. The fraction of sp³-hybridized carbons (Fsp3) is 0.667. The van der Waals surface area contributed by atoms with Crippen molar-refractivity contribution in [3.63, 3.8) is 0 Å². The summed E-state index contributed by atoms with van der Waals surface area (Å²) in [6.07, 6.45) is 0. The van der Waals surface area contributed by atoms with Crippen LogP contribution in [-0.2, 0) is 19.1 Å². The van der Waals surface area contributed by atoms with E-state index >= 15 is 0 Å². The maximum absolute atomic E-state index is 12.1. The number of nitrogens with one attached hydrogen (secondary N) is 1. The summed E-state index contributed by atoms with van der Waals surface area (Å²) in [5.41, 5.74) is -0.895. The number of carbonyl (C=O) groups is 2. The predicted molar refractivity (Wildman–Crippen MR) is 62.3 cm³/mol. The summed E-state index contributed by atoms with van der Waals surface area (Å²) in [5, 5.41) is 3.04. The highest BCUT2D eigenvalue weighted by Gasteiger charge is 2.58. The van der Waals surface area contributed by atoms with Gasteiger partial charge in [0.15, 0.2) is 0 Å². The van der Waals surface area contributed by atoms with Crippen molar-refractivity contribution >= 4 is 11.9 Å². The van der Waals surface area contributed by atoms with E-state index in [-0.39, 0.29) is 19.3 Å². The van der Waals surface area contributed by atoms with Crippen LogP contribution >= 0.6 is 0 Å². The number of esters is 2. The number of hydrogen-bond acceptors (Lipinski definition) is 5. The normalized spacial score (nSPS) is 22.3. The number of ether oxygens (including phenoxy) is 2. The Hall–Kier alpha value is -1.36. The molecule has 5 nitrogen and oxygen atoms in total. The van der Waals surface area contributed by atoms with Gasteiger partial charge >= 0.3 is 11.9 Å². The molecule has 1 aliphatic rings. The van der Waals surface area contributed by atoms with E-state index in [1.807, 2.05) is 0 Å². The average molecular weight is 241 g/mol. The van der Waals surface area contributed by atoms with Gasteiger partial charge in [-0.05, 0) is 26.3 Å². The second kappa shape index (κ2) is 5.31. The molecule has 0 saturated carbocycles. The van der Waals surface area contributed by atoms with Gasteiger partial charge in [-0.3, -0.25) is 9.59 Å². The largest absolute Gasteiger partial charge is 0.465 e. The third-order valence-electron chi connectivity index (χ3n) is 3.02. The Morgan fingerprint density at radius 2 is 1.82 bits per heavy atom. The molecule has 1 fully saturated rings. The number of hydrogen-bond donors (Lipinski definition) is 1. The van der Waals surface area contributed by atoms with E-state index < -0.39 is 17.4 Å². The maximum atomic E-state index is 12.1. The minimum Gasteiger partial charge on any atom is -0.465 e. The van der Waals surface area contributed by atoms with Crippen molar-refractivity contribution in [2.24, 2.45) is 5.41 Å². The Morgan fingerprint density at radius 1 is 1.35 bits per heavy atom. The van der Waals surface area contributed by atoms with Crippen LogP contribution in [0.5, 0.6) is 0 Å². The summed E-state index contributed by atoms with van der Waals surface area (Å²) < 4.78 is 9.99. The lowest BCUT2D eigenvalue weighted by Crippen LogP contribution is -2.50. The molecule has 0 aromatic carbocycles. The lowest BCUT2D eigenvalue weighted by atomic mass is 9.78. The van der Waals surface area contributed by atoms with Gasteiger partial charge < -0.3 is 14.8 Å². The summed E-state index contributed by atoms with van der Waals surface area (Å²) in [6, 6.07) is -0.368. The lowest BCUT2D eigenvalue weighted by Gasteiger charge is -2.28. The first-order valence-electron chi connectivity index (χ1n) is 5.77. The molecule has 0 spiro atoms. The molecule has 17 heavy (non-hydrogen) atoms. The van der Waals surface area contributed by atoms with Gasteiger partial charge in [0.2, 0.25) is 5.41 Å². The van der Waals surface area contributed by atoms with Gasteiger partial charge in [0, 0.05) is 12.6 Å². The second-order valence-corrected chi connectivity index (χ2v) is 3.96. The smallest absolute Gasteiger partial charge is 0.329 e. The van der Waals surface area contributed by atoms with E-state index in [9.17, 15) is 9.59 Å². The van der Waals surface area contributed by atoms with E-state index in [4.69, 9.17) is 9.47 Å². The van der Waals surface area contributed by atoms with E-state index in [0.29, 0.717) is 12.1 Å². The highest BCUT2D eigenvalue weighted by Crippen LogP contribution is 2.38. The van der Waals surface area contributed by atoms with Gasteiger partial charge in [0.25, 0.3) is 0 Å². The molecule has 96 valence electrons. The van der Waals surface area contributed by atoms with Crippen molar-refractivity contribution in [1.82, 2.24) is 5.32 Å². The molecule has 0 aromatic heterocycles. The van der Waals surface area contributed by atoms with Crippen LogP contribution in [0.1, 0.15) is 20.8 Å². The monoisotopic (exact) mass is 241 g/mol. The summed E-state index contributed by atoms with van der Waals surface area (Å²) in [5.74, 6) is -1.16. The van der Waals surface area contributed by atoms with Crippen LogP contribution in [0.4, 0.5) is 0 Å². The van der Waals surface area contributed by atoms with E-state index in [1.54, 1.807) is 20.8 Å². The fourth-order valence-electron chi connectivity index (χ4n) is 2.09. The molecular formula is C12H19NO4. The van der Waals surface area contributed by atoms with Gasteiger partial charge in [-0.2, -0.15) is 0 Å². The van der Waals surface area contributed by atoms with Crippen LogP contribution in [-0.4, -0.2) is 37.7 Å². The fourth-order valence-corrected chi connectivity index (χ4v) is 2.09. The standard InChI is InChI=1S/C12H19NO4/c1-5-16-10(14)12(11(15)17-6-2)8(3)7-13-9(12)4/h9,13H,3,5-7H2,1-2,4H3. The van der Waals surface area contributed by atoms with Gasteiger partial charge in [0.05, 0.1) is 13.2 Å². The average Bonchev–Trinajstić information content (AvgIpc) is 2.56. The number of rotatable bonds is 4. The molecule has 0 aliphatic carbocycles. The highest BCUT2D eigenvalue weighted by atomic mass is 16.6. The first-order valence-corrected chi connectivity index (χ1v) is 5.77. The molecule has 5 heteroatoms. The van der Waals surface area contributed by atoms with Crippen molar-refractivity contribution in [3.8, 4) is 0 Å². The molecule has 1 atom stereocenters. The Morgan fingerprint density at radius 3 is 2.12 bits per heavy atom. The molecule has 0 bridgehead atoms. The molecule has 1 rings (SSSR count). The Bertz CT molecular complexity index is 319.